The van der Waals surface area contributed by atoms with Crippen LogP contribution in [0, 0.1) is 23.7 Å². The largest absolute Gasteiger partial charge is 0.364 e. The zero-order valence-electron chi connectivity index (χ0n) is 29.0. The third-order valence-corrected chi connectivity index (χ3v) is 13.1. The highest BCUT2D eigenvalue weighted by molar-refractivity contribution is 5.72. The van der Waals surface area contributed by atoms with Gasteiger partial charge in [-0.3, -0.25) is 0 Å². The van der Waals surface area contributed by atoms with Crippen LogP contribution in [-0.2, 0) is 0 Å². The van der Waals surface area contributed by atoms with Gasteiger partial charge in [0.05, 0.1) is 12.1 Å². The van der Waals surface area contributed by atoms with E-state index in [0.717, 1.165) is 25.7 Å². The van der Waals surface area contributed by atoms with Crippen molar-refractivity contribution in [3.05, 3.63) is 174 Å². The second-order valence-corrected chi connectivity index (χ2v) is 15.7. The van der Waals surface area contributed by atoms with Gasteiger partial charge in [-0.2, -0.15) is 0 Å². The van der Waals surface area contributed by atoms with Crippen molar-refractivity contribution in [3.63, 3.8) is 0 Å². The van der Waals surface area contributed by atoms with Crippen molar-refractivity contribution in [1.29, 1.82) is 0 Å². The molecule has 6 aliphatic carbocycles. The topological polar surface area (TPSA) is 6.48 Å². The van der Waals surface area contributed by atoms with Gasteiger partial charge in [-0.25, -0.2) is 0 Å². The summed E-state index contributed by atoms with van der Waals surface area (Å²) >= 11 is 0. The first-order valence-electron chi connectivity index (χ1n) is 19.4. The molecular weight excluding hydrogens is 605 g/mol. The lowest BCUT2D eigenvalue weighted by Gasteiger charge is -2.39. The van der Waals surface area contributed by atoms with E-state index in [1.54, 1.807) is 11.1 Å². The van der Waals surface area contributed by atoms with Crippen LogP contribution in [0.15, 0.2) is 163 Å². The Morgan fingerprint density at radius 2 is 1.44 bits per heavy atom. The summed E-state index contributed by atoms with van der Waals surface area (Å²) in [6, 6.07) is 21.0. The van der Waals surface area contributed by atoms with Crippen LogP contribution in [0.1, 0.15) is 62.0 Å². The molecule has 0 radical (unpaired) electrons. The maximum Gasteiger partial charge on any atom is 0.0620 e. The van der Waals surface area contributed by atoms with Gasteiger partial charge in [0.15, 0.2) is 0 Å². The van der Waals surface area contributed by atoms with Gasteiger partial charge in [-0.15, -0.1) is 0 Å². The Kier molecular flexibility index (Phi) is 7.66. The molecule has 2 aromatic rings. The number of allylic oxidation sites excluding steroid dienone is 13. The molecule has 9 atom stereocenters. The number of benzene rings is 2. The van der Waals surface area contributed by atoms with Crippen molar-refractivity contribution >= 4 is 16.9 Å². The van der Waals surface area contributed by atoms with E-state index in [4.69, 9.17) is 0 Å². The summed E-state index contributed by atoms with van der Waals surface area (Å²) in [5.74, 6) is 2.55. The highest BCUT2D eigenvalue weighted by atomic mass is 15.2. The molecule has 2 aromatic carbocycles. The Morgan fingerprint density at radius 1 is 0.560 bits per heavy atom. The van der Waals surface area contributed by atoms with Gasteiger partial charge >= 0.3 is 0 Å². The SMILES string of the molecule is C1=CCCC(c2cccc(N3C4CCC=CC4C4C=C(C5=CC=CC6C7C=CC=CC7N(c7ccc(C8C=CC=CC8)cc7)C56)CCC43)c2)=C1. The second-order valence-electron chi connectivity index (χ2n) is 15.7. The molecule has 10 rings (SSSR count). The van der Waals surface area contributed by atoms with Crippen LogP contribution in [0.3, 0.4) is 0 Å². The number of anilines is 2. The quantitative estimate of drug-likeness (QED) is 0.297. The highest BCUT2D eigenvalue weighted by Crippen LogP contribution is 2.53. The van der Waals surface area contributed by atoms with Crippen molar-refractivity contribution in [2.24, 2.45) is 23.7 Å². The molecule has 50 heavy (non-hydrogen) atoms. The Hall–Kier alpha value is -4.56. The van der Waals surface area contributed by atoms with Gasteiger partial charge in [-0.05, 0) is 97.1 Å². The third kappa shape index (κ3) is 5.05. The van der Waals surface area contributed by atoms with Crippen LogP contribution in [0.25, 0.3) is 5.57 Å². The maximum absolute atomic E-state index is 2.87. The third-order valence-electron chi connectivity index (χ3n) is 13.1. The van der Waals surface area contributed by atoms with E-state index in [0.29, 0.717) is 53.8 Å². The van der Waals surface area contributed by atoms with Gasteiger partial charge < -0.3 is 9.80 Å². The van der Waals surface area contributed by atoms with E-state index in [2.05, 4.69) is 162 Å². The fourth-order valence-electron chi connectivity index (χ4n) is 10.9. The Bertz CT molecular complexity index is 1960. The smallest absolute Gasteiger partial charge is 0.0620 e. The summed E-state index contributed by atoms with van der Waals surface area (Å²) in [6.07, 6.45) is 48.7. The van der Waals surface area contributed by atoms with Crippen molar-refractivity contribution in [2.45, 2.75) is 75.0 Å². The fraction of sp³-hybridized carbons (Fsp3) is 0.333. The van der Waals surface area contributed by atoms with Crippen LogP contribution < -0.4 is 9.80 Å². The monoisotopic (exact) mass is 652 g/mol. The van der Waals surface area contributed by atoms with Crippen LogP contribution in [0.5, 0.6) is 0 Å². The van der Waals surface area contributed by atoms with Crippen molar-refractivity contribution in [2.75, 3.05) is 9.80 Å². The molecule has 2 heterocycles. The molecule has 0 N–H and O–H groups in total. The molecule has 2 fully saturated rings. The summed E-state index contributed by atoms with van der Waals surface area (Å²) in [4.78, 5) is 5.65. The molecule has 2 heteroatoms. The van der Waals surface area contributed by atoms with Gasteiger partial charge in [0, 0.05) is 53.0 Å². The molecule has 250 valence electrons. The normalized spacial score (nSPS) is 34.6. The van der Waals surface area contributed by atoms with Gasteiger partial charge in [0.25, 0.3) is 0 Å². The summed E-state index contributed by atoms with van der Waals surface area (Å²) < 4.78 is 0. The Labute approximate surface area is 298 Å². The van der Waals surface area contributed by atoms with Crippen LogP contribution in [0.2, 0.25) is 0 Å². The summed E-state index contributed by atoms with van der Waals surface area (Å²) in [5, 5.41) is 0. The first-order chi connectivity index (χ1) is 24.8. The van der Waals surface area contributed by atoms with Gasteiger partial charge in [-0.1, -0.05) is 128 Å². The average molecular weight is 653 g/mol. The number of hydrogen-bond acceptors (Lipinski definition) is 2. The molecule has 0 spiro atoms. The van der Waals surface area contributed by atoms with E-state index < -0.39 is 0 Å². The van der Waals surface area contributed by atoms with Gasteiger partial charge in [0.2, 0.25) is 0 Å². The number of rotatable bonds is 5. The van der Waals surface area contributed by atoms with Gasteiger partial charge in [0.1, 0.15) is 0 Å². The van der Waals surface area contributed by atoms with Crippen LogP contribution >= 0.6 is 0 Å². The lowest BCUT2D eigenvalue weighted by molar-refractivity contribution is 0.427. The molecule has 0 amide bonds. The van der Waals surface area contributed by atoms with Crippen molar-refractivity contribution in [3.8, 4) is 0 Å². The molecule has 8 aliphatic rings. The Balaban J connectivity index is 0.990. The standard InChI is InChI=1S/C48H48N2/c1-3-13-33(14-4-1)35-25-28-38(29-26-35)50-46-24-10-7-19-41(46)43-22-12-21-40(48(43)50)37-27-30-47-44(32-37)42-20-8-9-23-45(42)49(47)39-18-11-17-36(31-39)34-15-5-2-6-16-34/h1-5,7-8,10-13,15,17-22,24-26,28-29,31-33,41-48H,6,9,14,16,23,27,30H2. The predicted octanol–water partition coefficient (Wildman–Crippen LogP) is 11.0. The molecule has 2 aliphatic heterocycles. The number of fused-ring (bicyclic) bond motifs is 6. The maximum atomic E-state index is 2.87. The second kappa shape index (κ2) is 12.6. The zero-order valence-corrected chi connectivity index (χ0v) is 29.0. The van der Waals surface area contributed by atoms with Crippen LogP contribution in [-0.4, -0.2) is 24.2 Å². The molecule has 9 unspecified atom stereocenters. The van der Waals surface area contributed by atoms with E-state index in [9.17, 15) is 0 Å². The molecule has 0 saturated carbocycles. The van der Waals surface area contributed by atoms with Crippen LogP contribution in [0.4, 0.5) is 11.4 Å². The zero-order chi connectivity index (χ0) is 33.0. The molecule has 0 aromatic heterocycles. The number of nitrogens with zero attached hydrogens (tertiary/aromatic N) is 2. The first-order valence-corrected chi connectivity index (χ1v) is 19.4. The predicted molar refractivity (Wildman–Crippen MR) is 210 cm³/mol. The summed E-state index contributed by atoms with van der Waals surface area (Å²) in [6.45, 7) is 0. The lowest BCUT2D eigenvalue weighted by Crippen LogP contribution is -2.41. The summed E-state index contributed by atoms with van der Waals surface area (Å²) in [5.41, 5.74) is 10.2. The Morgan fingerprint density at radius 3 is 2.32 bits per heavy atom. The van der Waals surface area contributed by atoms with E-state index in [-0.39, 0.29) is 0 Å². The van der Waals surface area contributed by atoms with E-state index in [1.165, 1.54) is 47.3 Å². The molecule has 2 saturated heterocycles. The van der Waals surface area contributed by atoms with Crippen molar-refractivity contribution in [1.82, 2.24) is 0 Å². The average Bonchev–Trinajstić information content (AvgIpc) is 3.71. The number of hydrogen-bond donors (Lipinski definition) is 0. The lowest BCUT2D eigenvalue weighted by atomic mass is 9.73. The molecular formula is C48H48N2. The first kappa shape index (κ1) is 30.3. The minimum absolute atomic E-state index is 0.346. The van der Waals surface area contributed by atoms with E-state index in [1.807, 2.05) is 0 Å². The summed E-state index contributed by atoms with van der Waals surface area (Å²) in [7, 11) is 0. The minimum Gasteiger partial charge on any atom is -0.364 e. The van der Waals surface area contributed by atoms with Crippen molar-refractivity contribution < 1.29 is 0 Å². The highest BCUT2D eigenvalue weighted by Gasteiger charge is 2.52. The molecule has 2 nitrogen and oxygen atoms in total. The fourth-order valence-corrected chi connectivity index (χ4v) is 10.9. The van der Waals surface area contributed by atoms with E-state index >= 15 is 0 Å². The molecule has 0 bridgehead atoms. The minimum atomic E-state index is 0.346.